The Morgan fingerprint density at radius 3 is 2.29 bits per heavy atom. The SMILES string of the molecule is C[C@]12CC[C@H]3[C@@H](CCC4CC(O)CC[C@@]43C)C1CCC2O. The third-order valence-electron chi connectivity index (χ3n) is 8.59. The number of rotatable bonds is 0. The van der Waals surface area contributed by atoms with Crippen molar-refractivity contribution >= 4 is 0 Å². The largest absolute Gasteiger partial charge is 0.393 e. The second-order valence-corrected chi connectivity index (χ2v) is 9.22. The summed E-state index contributed by atoms with van der Waals surface area (Å²) in [6.45, 7) is 4.90. The van der Waals surface area contributed by atoms with Gasteiger partial charge >= 0.3 is 0 Å². The quantitative estimate of drug-likeness (QED) is 0.714. The summed E-state index contributed by atoms with van der Waals surface area (Å²) in [5, 5.41) is 20.5. The molecule has 0 aromatic heterocycles. The number of fused-ring (bicyclic) bond motifs is 5. The van der Waals surface area contributed by atoms with Gasteiger partial charge in [0.25, 0.3) is 0 Å². The lowest BCUT2D eigenvalue weighted by Gasteiger charge is -2.60. The lowest BCUT2D eigenvalue weighted by molar-refractivity contribution is -0.133. The van der Waals surface area contributed by atoms with Crippen LogP contribution in [0.15, 0.2) is 0 Å². The van der Waals surface area contributed by atoms with Gasteiger partial charge in [-0.2, -0.15) is 0 Å². The molecule has 2 heteroatoms. The number of aliphatic hydroxyl groups is 2. The van der Waals surface area contributed by atoms with Crippen molar-refractivity contribution < 1.29 is 10.2 Å². The second kappa shape index (κ2) is 4.71. The topological polar surface area (TPSA) is 40.5 Å². The molecule has 4 aliphatic carbocycles. The van der Waals surface area contributed by atoms with Crippen LogP contribution in [0.5, 0.6) is 0 Å². The maximum atomic E-state index is 10.5. The molecule has 21 heavy (non-hydrogen) atoms. The molecule has 0 aromatic carbocycles. The van der Waals surface area contributed by atoms with E-state index in [4.69, 9.17) is 0 Å². The average molecular weight is 292 g/mol. The maximum absolute atomic E-state index is 10.5. The Balaban J connectivity index is 1.62. The van der Waals surface area contributed by atoms with E-state index in [9.17, 15) is 10.2 Å². The molecule has 120 valence electrons. The summed E-state index contributed by atoms with van der Waals surface area (Å²) in [7, 11) is 0. The number of hydrogen-bond donors (Lipinski definition) is 2. The molecule has 0 radical (unpaired) electrons. The summed E-state index contributed by atoms with van der Waals surface area (Å²) in [6.07, 6.45) is 10.7. The van der Waals surface area contributed by atoms with Crippen LogP contribution in [-0.2, 0) is 0 Å². The zero-order chi connectivity index (χ0) is 14.8. The van der Waals surface area contributed by atoms with E-state index in [1.807, 2.05) is 0 Å². The molecule has 4 saturated carbocycles. The smallest absolute Gasteiger partial charge is 0.0596 e. The van der Waals surface area contributed by atoms with E-state index < -0.39 is 0 Å². The van der Waals surface area contributed by atoms with Gasteiger partial charge in [0.2, 0.25) is 0 Å². The molecular formula is C19H32O2. The summed E-state index contributed by atoms with van der Waals surface area (Å²) in [6, 6.07) is 0. The molecule has 4 fully saturated rings. The first-order valence-corrected chi connectivity index (χ1v) is 9.31. The van der Waals surface area contributed by atoms with Gasteiger partial charge in [0.15, 0.2) is 0 Å². The molecule has 0 aliphatic heterocycles. The van der Waals surface area contributed by atoms with Crippen molar-refractivity contribution in [3.05, 3.63) is 0 Å². The van der Waals surface area contributed by atoms with Crippen LogP contribution in [0, 0.1) is 34.5 Å². The van der Waals surface area contributed by atoms with Crippen LogP contribution in [-0.4, -0.2) is 22.4 Å². The van der Waals surface area contributed by atoms with Crippen molar-refractivity contribution in [3.8, 4) is 0 Å². The highest BCUT2D eigenvalue weighted by Crippen LogP contribution is 2.66. The molecule has 4 aliphatic rings. The van der Waals surface area contributed by atoms with Gasteiger partial charge in [-0.3, -0.25) is 0 Å². The highest BCUT2D eigenvalue weighted by Gasteiger charge is 2.59. The fraction of sp³-hybridized carbons (Fsp3) is 1.00. The highest BCUT2D eigenvalue weighted by molar-refractivity contribution is 5.09. The first kappa shape index (κ1) is 14.5. The Morgan fingerprint density at radius 2 is 1.48 bits per heavy atom. The van der Waals surface area contributed by atoms with Crippen LogP contribution in [0.1, 0.15) is 71.6 Å². The first-order chi connectivity index (χ1) is 9.95. The second-order valence-electron chi connectivity index (χ2n) is 9.22. The summed E-state index contributed by atoms with van der Waals surface area (Å²) in [5.41, 5.74) is 0.676. The van der Waals surface area contributed by atoms with Gasteiger partial charge in [-0.05, 0) is 92.3 Å². The predicted molar refractivity (Wildman–Crippen MR) is 83.7 cm³/mol. The van der Waals surface area contributed by atoms with Gasteiger partial charge in [-0.1, -0.05) is 13.8 Å². The van der Waals surface area contributed by atoms with Gasteiger partial charge in [0.05, 0.1) is 12.2 Å². The Bertz CT molecular complexity index is 422. The molecule has 8 atom stereocenters. The minimum atomic E-state index is -0.0536. The van der Waals surface area contributed by atoms with Crippen molar-refractivity contribution in [3.63, 3.8) is 0 Å². The monoisotopic (exact) mass is 292 g/mol. The third-order valence-corrected chi connectivity index (χ3v) is 8.59. The van der Waals surface area contributed by atoms with Crippen LogP contribution in [0.3, 0.4) is 0 Å². The summed E-state index contributed by atoms with van der Waals surface area (Å²) < 4.78 is 0. The molecular weight excluding hydrogens is 260 g/mol. The Kier molecular flexibility index (Phi) is 3.25. The van der Waals surface area contributed by atoms with Crippen LogP contribution in [0.2, 0.25) is 0 Å². The lowest BCUT2D eigenvalue weighted by atomic mass is 9.45. The van der Waals surface area contributed by atoms with E-state index in [0.29, 0.717) is 5.41 Å². The Labute approximate surface area is 129 Å². The van der Waals surface area contributed by atoms with E-state index in [0.717, 1.165) is 42.9 Å². The molecule has 2 N–H and O–H groups in total. The van der Waals surface area contributed by atoms with E-state index in [1.165, 1.54) is 38.5 Å². The Hall–Kier alpha value is -0.0800. The standard InChI is InChI=1S/C19H32O2/c1-18-9-7-13(20)11-12(18)3-4-14-15-5-6-17(21)19(15,2)10-8-16(14)18/h12-17,20-21H,3-11H2,1-2H3/t12?,13?,14-,15?,16-,17?,18-,19-/m0/s1. The minimum Gasteiger partial charge on any atom is -0.393 e. The van der Waals surface area contributed by atoms with Crippen molar-refractivity contribution in [1.82, 2.24) is 0 Å². The van der Waals surface area contributed by atoms with Crippen LogP contribution >= 0.6 is 0 Å². The molecule has 0 heterocycles. The lowest BCUT2D eigenvalue weighted by Crippen LogP contribution is -2.54. The molecule has 4 unspecified atom stereocenters. The van der Waals surface area contributed by atoms with Crippen molar-refractivity contribution in [1.29, 1.82) is 0 Å². The van der Waals surface area contributed by atoms with Crippen LogP contribution < -0.4 is 0 Å². The number of hydrogen-bond acceptors (Lipinski definition) is 2. The Morgan fingerprint density at radius 1 is 0.762 bits per heavy atom. The minimum absolute atomic E-state index is 0.0400. The molecule has 0 bridgehead atoms. The molecule has 4 rings (SSSR count). The molecule has 0 amide bonds. The van der Waals surface area contributed by atoms with Crippen molar-refractivity contribution in [2.45, 2.75) is 83.8 Å². The molecule has 2 nitrogen and oxygen atoms in total. The van der Waals surface area contributed by atoms with E-state index >= 15 is 0 Å². The fourth-order valence-corrected chi connectivity index (χ4v) is 7.21. The maximum Gasteiger partial charge on any atom is 0.0596 e. The van der Waals surface area contributed by atoms with E-state index in [-0.39, 0.29) is 17.6 Å². The predicted octanol–water partition coefficient (Wildman–Crippen LogP) is 3.75. The summed E-state index contributed by atoms with van der Waals surface area (Å²) in [4.78, 5) is 0. The van der Waals surface area contributed by atoms with Crippen molar-refractivity contribution in [2.75, 3.05) is 0 Å². The molecule has 0 spiro atoms. The zero-order valence-corrected chi connectivity index (χ0v) is 13.7. The summed E-state index contributed by atoms with van der Waals surface area (Å²) in [5.74, 6) is 3.21. The number of aliphatic hydroxyl groups excluding tert-OH is 2. The summed E-state index contributed by atoms with van der Waals surface area (Å²) >= 11 is 0. The first-order valence-electron chi connectivity index (χ1n) is 9.31. The normalized spacial score (nSPS) is 60.0. The van der Waals surface area contributed by atoms with Crippen LogP contribution in [0.4, 0.5) is 0 Å². The third kappa shape index (κ3) is 1.91. The fourth-order valence-electron chi connectivity index (χ4n) is 7.21. The van der Waals surface area contributed by atoms with Gasteiger partial charge in [0.1, 0.15) is 0 Å². The van der Waals surface area contributed by atoms with E-state index in [1.54, 1.807) is 0 Å². The van der Waals surface area contributed by atoms with Gasteiger partial charge in [0, 0.05) is 0 Å². The van der Waals surface area contributed by atoms with Gasteiger partial charge in [-0.25, -0.2) is 0 Å². The van der Waals surface area contributed by atoms with Crippen LogP contribution in [0.25, 0.3) is 0 Å². The average Bonchev–Trinajstić information content (AvgIpc) is 2.76. The zero-order valence-electron chi connectivity index (χ0n) is 13.7. The van der Waals surface area contributed by atoms with Crippen molar-refractivity contribution in [2.24, 2.45) is 34.5 Å². The van der Waals surface area contributed by atoms with Gasteiger partial charge < -0.3 is 10.2 Å². The molecule has 0 aromatic rings. The van der Waals surface area contributed by atoms with Gasteiger partial charge in [-0.15, -0.1) is 0 Å². The molecule has 0 saturated heterocycles. The van der Waals surface area contributed by atoms with E-state index in [2.05, 4.69) is 13.8 Å². The highest BCUT2D eigenvalue weighted by atomic mass is 16.3.